The second kappa shape index (κ2) is 7.82. The summed E-state index contributed by atoms with van der Waals surface area (Å²) in [6.45, 7) is 3.36. The van der Waals surface area contributed by atoms with Crippen LogP contribution in [0, 0.1) is 5.92 Å². The highest BCUT2D eigenvalue weighted by atomic mass is 14.9. The highest BCUT2D eigenvalue weighted by Gasteiger charge is 2.19. The Labute approximate surface area is 156 Å². The Kier molecular flexibility index (Phi) is 5.10. The van der Waals surface area contributed by atoms with Crippen molar-refractivity contribution in [3.05, 3.63) is 78.9 Å². The van der Waals surface area contributed by atoms with Gasteiger partial charge in [-0.3, -0.25) is 0 Å². The first-order chi connectivity index (χ1) is 12.8. The van der Waals surface area contributed by atoms with E-state index in [1.807, 2.05) is 0 Å². The Balaban J connectivity index is 1.47. The van der Waals surface area contributed by atoms with Gasteiger partial charge in [0.2, 0.25) is 5.69 Å². The lowest BCUT2D eigenvalue weighted by Crippen LogP contribution is -2.35. The van der Waals surface area contributed by atoms with Gasteiger partial charge in [0.15, 0.2) is 31.3 Å². The highest BCUT2D eigenvalue weighted by molar-refractivity contribution is 5.61. The number of pyridine rings is 2. The molecule has 0 atom stereocenters. The molecule has 26 heavy (non-hydrogen) atoms. The SMILES string of the molecule is CCc1ccc(-[n+]2ccc(-c3cc[n+](CC4CCCC4)cc3)cc2)cc1. The minimum absolute atomic E-state index is 0.876. The zero-order valence-electron chi connectivity index (χ0n) is 15.6. The quantitative estimate of drug-likeness (QED) is 0.594. The van der Waals surface area contributed by atoms with Crippen LogP contribution in [0.5, 0.6) is 0 Å². The molecule has 0 bridgehead atoms. The highest BCUT2D eigenvalue weighted by Crippen LogP contribution is 2.24. The van der Waals surface area contributed by atoms with Crippen LogP contribution in [-0.2, 0) is 13.0 Å². The molecule has 0 saturated heterocycles. The molecule has 0 unspecified atom stereocenters. The Bertz CT molecular complexity index is 827. The molecule has 2 heterocycles. The van der Waals surface area contributed by atoms with Gasteiger partial charge in [-0.15, -0.1) is 0 Å². The number of rotatable bonds is 5. The molecule has 132 valence electrons. The normalized spacial score (nSPS) is 14.7. The van der Waals surface area contributed by atoms with E-state index in [-0.39, 0.29) is 0 Å². The summed E-state index contributed by atoms with van der Waals surface area (Å²) >= 11 is 0. The van der Waals surface area contributed by atoms with E-state index in [2.05, 4.69) is 89.4 Å². The van der Waals surface area contributed by atoms with Crippen LogP contribution in [0.2, 0.25) is 0 Å². The van der Waals surface area contributed by atoms with E-state index in [4.69, 9.17) is 0 Å². The number of aryl methyl sites for hydroxylation is 1. The largest absolute Gasteiger partial charge is 0.210 e. The van der Waals surface area contributed by atoms with Gasteiger partial charge in [-0.25, -0.2) is 4.57 Å². The van der Waals surface area contributed by atoms with Crippen LogP contribution >= 0.6 is 0 Å². The lowest BCUT2D eigenvalue weighted by atomic mass is 10.1. The third kappa shape index (κ3) is 3.85. The van der Waals surface area contributed by atoms with Crippen molar-refractivity contribution in [2.45, 2.75) is 45.6 Å². The Morgan fingerprint density at radius 1 is 0.769 bits per heavy atom. The topological polar surface area (TPSA) is 7.76 Å². The third-order valence-electron chi connectivity index (χ3n) is 5.64. The third-order valence-corrected chi connectivity index (χ3v) is 5.64. The lowest BCUT2D eigenvalue weighted by molar-refractivity contribution is -0.703. The van der Waals surface area contributed by atoms with Crippen molar-refractivity contribution in [1.29, 1.82) is 0 Å². The fourth-order valence-corrected chi connectivity index (χ4v) is 3.96. The summed E-state index contributed by atoms with van der Waals surface area (Å²) in [5, 5.41) is 0. The molecule has 0 aliphatic heterocycles. The van der Waals surface area contributed by atoms with Crippen LogP contribution in [0.3, 0.4) is 0 Å². The average molecular weight is 345 g/mol. The van der Waals surface area contributed by atoms with E-state index in [0.29, 0.717) is 0 Å². The molecule has 4 rings (SSSR count). The number of hydrogen-bond acceptors (Lipinski definition) is 0. The minimum Gasteiger partial charge on any atom is -0.205 e. The fourth-order valence-electron chi connectivity index (χ4n) is 3.96. The van der Waals surface area contributed by atoms with Gasteiger partial charge in [-0.2, -0.15) is 4.57 Å². The predicted molar refractivity (Wildman–Crippen MR) is 105 cm³/mol. The van der Waals surface area contributed by atoms with Gasteiger partial charge in [-0.05, 0) is 36.0 Å². The summed E-state index contributed by atoms with van der Waals surface area (Å²) in [6.07, 6.45) is 15.5. The first kappa shape index (κ1) is 17.0. The summed E-state index contributed by atoms with van der Waals surface area (Å²) in [6, 6.07) is 17.7. The zero-order valence-corrected chi connectivity index (χ0v) is 15.6. The Morgan fingerprint density at radius 3 is 1.92 bits per heavy atom. The van der Waals surface area contributed by atoms with Crippen molar-refractivity contribution < 1.29 is 9.13 Å². The van der Waals surface area contributed by atoms with Gasteiger partial charge in [0.25, 0.3) is 0 Å². The molecule has 0 N–H and O–H groups in total. The number of benzene rings is 1. The van der Waals surface area contributed by atoms with E-state index in [1.54, 1.807) is 0 Å². The van der Waals surface area contributed by atoms with Crippen LogP contribution in [0.25, 0.3) is 16.8 Å². The first-order valence-corrected chi connectivity index (χ1v) is 9.92. The average Bonchev–Trinajstić information content (AvgIpc) is 3.22. The lowest BCUT2D eigenvalue weighted by Gasteiger charge is -2.05. The van der Waals surface area contributed by atoms with Crippen molar-refractivity contribution in [2.24, 2.45) is 5.92 Å². The van der Waals surface area contributed by atoms with E-state index in [9.17, 15) is 0 Å². The second-order valence-corrected chi connectivity index (χ2v) is 7.45. The summed E-state index contributed by atoms with van der Waals surface area (Å²) in [5.41, 5.74) is 5.12. The van der Waals surface area contributed by atoms with Crippen LogP contribution in [0.15, 0.2) is 73.3 Å². The van der Waals surface area contributed by atoms with Crippen LogP contribution < -0.4 is 9.13 Å². The van der Waals surface area contributed by atoms with Crippen LogP contribution in [-0.4, -0.2) is 0 Å². The van der Waals surface area contributed by atoms with Gasteiger partial charge < -0.3 is 0 Å². The van der Waals surface area contributed by atoms with E-state index < -0.39 is 0 Å². The molecular formula is C24H28N2+2. The number of hydrogen-bond donors (Lipinski definition) is 0. The molecular weight excluding hydrogens is 316 g/mol. The molecule has 2 nitrogen and oxygen atoms in total. The van der Waals surface area contributed by atoms with Crippen LogP contribution in [0.4, 0.5) is 0 Å². The number of nitrogens with zero attached hydrogens (tertiary/aromatic N) is 2. The monoisotopic (exact) mass is 344 g/mol. The number of aromatic nitrogens is 2. The molecule has 0 amide bonds. The summed E-state index contributed by atoms with van der Waals surface area (Å²) in [4.78, 5) is 0. The fraction of sp³-hybridized carbons (Fsp3) is 0.333. The van der Waals surface area contributed by atoms with Crippen LogP contribution in [0.1, 0.15) is 38.2 Å². The van der Waals surface area contributed by atoms with Crippen molar-refractivity contribution in [2.75, 3.05) is 0 Å². The molecule has 0 radical (unpaired) electrons. The summed E-state index contributed by atoms with van der Waals surface area (Å²) in [5.74, 6) is 0.876. The maximum absolute atomic E-state index is 2.35. The van der Waals surface area contributed by atoms with Crippen molar-refractivity contribution in [1.82, 2.24) is 0 Å². The second-order valence-electron chi connectivity index (χ2n) is 7.45. The van der Waals surface area contributed by atoms with Crippen molar-refractivity contribution in [3.8, 4) is 16.8 Å². The molecule has 2 aromatic heterocycles. The maximum Gasteiger partial charge on any atom is 0.210 e. The van der Waals surface area contributed by atoms with E-state index in [0.717, 1.165) is 12.3 Å². The molecule has 1 aromatic carbocycles. The van der Waals surface area contributed by atoms with E-state index in [1.165, 1.54) is 54.6 Å². The molecule has 1 saturated carbocycles. The predicted octanol–water partition coefficient (Wildman–Crippen LogP) is 4.67. The van der Waals surface area contributed by atoms with Gasteiger partial charge in [0.05, 0.1) is 0 Å². The molecule has 3 aromatic rings. The van der Waals surface area contributed by atoms with Crippen molar-refractivity contribution >= 4 is 0 Å². The van der Waals surface area contributed by atoms with E-state index >= 15 is 0 Å². The van der Waals surface area contributed by atoms with Gasteiger partial charge in [-0.1, -0.05) is 31.9 Å². The standard InChI is InChI=1S/C24H28N2/c1-2-20-7-9-24(10-8-20)26-17-13-23(14-18-26)22-11-15-25(16-12-22)19-21-5-3-4-6-21/h7-18,21H,2-6,19H2,1H3/q+2. The Hall–Kier alpha value is -2.48. The first-order valence-electron chi connectivity index (χ1n) is 9.92. The van der Waals surface area contributed by atoms with Gasteiger partial charge >= 0.3 is 0 Å². The Morgan fingerprint density at radius 2 is 1.35 bits per heavy atom. The molecule has 1 aliphatic carbocycles. The molecule has 1 fully saturated rings. The van der Waals surface area contributed by atoms with Gasteiger partial charge in [0.1, 0.15) is 0 Å². The maximum atomic E-state index is 2.35. The van der Waals surface area contributed by atoms with Crippen molar-refractivity contribution in [3.63, 3.8) is 0 Å². The van der Waals surface area contributed by atoms with Gasteiger partial charge in [0, 0.05) is 42.3 Å². The minimum atomic E-state index is 0.876. The summed E-state index contributed by atoms with van der Waals surface area (Å²) in [7, 11) is 0. The summed E-state index contributed by atoms with van der Waals surface area (Å²) < 4.78 is 4.52. The smallest absolute Gasteiger partial charge is 0.205 e. The molecule has 2 heteroatoms. The molecule has 0 spiro atoms. The zero-order chi connectivity index (χ0) is 17.8. The molecule has 1 aliphatic rings.